The van der Waals surface area contributed by atoms with Gasteiger partial charge in [0.1, 0.15) is 0 Å². The van der Waals surface area contributed by atoms with Crippen molar-refractivity contribution in [3.63, 3.8) is 0 Å². The highest BCUT2D eigenvalue weighted by Gasteiger charge is 2.33. The third-order valence-corrected chi connectivity index (χ3v) is 11.4. The lowest BCUT2D eigenvalue weighted by atomic mass is 9.67. The molecule has 0 atom stereocenters. The summed E-state index contributed by atoms with van der Waals surface area (Å²) in [4.78, 5) is 2.35. The normalized spacial score (nSPS) is 11.9. The second-order valence-corrected chi connectivity index (χ2v) is 15.9. The average Bonchev–Trinajstić information content (AvgIpc) is 3.24. The van der Waals surface area contributed by atoms with Gasteiger partial charge in [-0.05, 0) is 99.0 Å². The van der Waals surface area contributed by atoms with Gasteiger partial charge in [0.15, 0.2) is 0 Å². The number of para-hydroxylation sites is 2. The van der Waals surface area contributed by atoms with Crippen LogP contribution >= 0.6 is 0 Å². The first-order valence-electron chi connectivity index (χ1n) is 20.4. The number of benzene rings is 6. The summed E-state index contributed by atoms with van der Waals surface area (Å²) < 4.78 is 0. The van der Waals surface area contributed by atoms with E-state index in [-0.39, 0.29) is 10.8 Å². The maximum absolute atomic E-state index is 5.89. The summed E-state index contributed by atoms with van der Waals surface area (Å²) in [7, 11) is 0. The Balaban J connectivity index is 1.29. The Hall–Kier alpha value is -6.10. The molecule has 286 valence electrons. The molecule has 0 heterocycles. The molecule has 0 spiro atoms. The van der Waals surface area contributed by atoms with Gasteiger partial charge in [0.2, 0.25) is 0 Å². The molecule has 0 aliphatic heterocycles. The highest BCUT2D eigenvalue weighted by atomic mass is 15.1. The van der Waals surface area contributed by atoms with Crippen LogP contribution in [-0.4, -0.2) is 6.54 Å². The quantitative estimate of drug-likeness (QED) is 0.0575. The second kappa shape index (κ2) is 18.7. The largest absolute Gasteiger partial charge is 0.338 e. The third-order valence-electron chi connectivity index (χ3n) is 11.4. The smallest absolute Gasteiger partial charge is 0.0413 e. The Bertz CT molecular complexity index is 2290. The lowest BCUT2D eigenvalue weighted by molar-refractivity contribution is 0.459. The summed E-state index contributed by atoms with van der Waals surface area (Å²) >= 11 is 0. The fraction of sp³-hybridized carbons (Fsp3) is 0.214. The van der Waals surface area contributed by atoms with Crippen molar-refractivity contribution >= 4 is 23.5 Å². The molecule has 0 aromatic heterocycles. The van der Waals surface area contributed by atoms with E-state index in [1.165, 1.54) is 61.4 Å². The van der Waals surface area contributed by atoms with E-state index in [9.17, 15) is 0 Å². The average molecular weight is 744 g/mol. The second-order valence-electron chi connectivity index (χ2n) is 15.9. The van der Waals surface area contributed by atoms with E-state index >= 15 is 0 Å². The molecule has 6 aromatic rings. The van der Waals surface area contributed by atoms with Gasteiger partial charge in [-0.2, -0.15) is 0 Å². The maximum atomic E-state index is 5.89. The zero-order chi connectivity index (χ0) is 40.3. The molecular formula is C56H57N. The first-order chi connectivity index (χ1) is 27.7. The van der Waals surface area contributed by atoms with E-state index in [0.717, 1.165) is 31.4 Å². The van der Waals surface area contributed by atoms with Gasteiger partial charge in [-0.3, -0.25) is 0 Å². The molecule has 0 saturated heterocycles. The molecule has 0 saturated carbocycles. The van der Waals surface area contributed by atoms with Crippen molar-refractivity contribution in [1.82, 2.24) is 0 Å². The van der Waals surface area contributed by atoms with E-state index in [0.29, 0.717) is 6.42 Å². The minimum Gasteiger partial charge on any atom is -0.338 e. The van der Waals surface area contributed by atoms with Gasteiger partial charge in [0.05, 0.1) is 0 Å². The summed E-state index contributed by atoms with van der Waals surface area (Å²) in [6.07, 6.45) is 18.2. The van der Waals surface area contributed by atoms with Crippen molar-refractivity contribution in [2.45, 2.75) is 71.1 Å². The van der Waals surface area contributed by atoms with Crippen LogP contribution in [-0.2, 0) is 17.3 Å². The van der Waals surface area contributed by atoms with Gasteiger partial charge in [-0.1, -0.05) is 198 Å². The standard InChI is InChI=1S/C56H57N/c1-8-23-43(4)56(9-2,10-3)53-42-45(37-40-48(53)26-20-21-41-57(49-27-16-12-17-28-49)50-29-18-13-19-30-50)34-33-44-35-38-47(39-36-44)52-32-22-31-51(54(52)55(5,6)7)46-24-14-11-15-25-46/h1,11-22,24-25,27-40,42H,4,9-10,23,26,41H2,2-3,5-7H3/b21-20-,34-33+. The molecule has 1 nitrogen and oxygen atoms in total. The molecule has 0 unspecified atom stereocenters. The molecule has 0 amide bonds. The van der Waals surface area contributed by atoms with Crippen LogP contribution in [0.5, 0.6) is 0 Å². The number of hydrogen-bond donors (Lipinski definition) is 0. The third kappa shape index (κ3) is 9.48. The summed E-state index contributed by atoms with van der Waals surface area (Å²) in [5, 5.41) is 0. The van der Waals surface area contributed by atoms with Gasteiger partial charge >= 0.3 is 0 Å². The zero-order valence-corrected chi connectivity index (χ0v) is 34.5. The predicted octanol–water partition coefficient (Wildman–Crippen LogP) is 15.1. The molecule has 0 aliphatic carbocycles. The topological polar surface area (TPSA) is 3.24 Å². The maximum Gasteiger partial charge on any atom is 0.0413 e. The SMILES string of the molecule is C#CCC(=C)C(CC)(CC)c1cc(/C=C/c2ccc(-c3cccc(-c4ccccc4)c3C(C)(C)C)cc2)ccc1C/C=C\CN(c1ccccc1)c1ccccc1. The Morgan fingerprint density at radius 2 is 1.16 bits per heavy atom. The predicted molar refractivity (Wildman–Crippen MR) is 249 cm³/mol. The first-order valence-corrected chi connectivity index (χ1v) is 20.4. The molecule has 0 aliphatic rings. The van der Waals surface area contributed by atoms with Crippen LogP contribution in [0.15, 0.2) is 176 Å². The fourth-order valence-electron chi connectivity index (χ4n) is 8.33. The van der Waals surface area contributed by atoms with Crippen LogP contribution in [0.3, 0.4) is 0 Å². The Kier molecular flexibility index (Phi) is 13.3. The lowest BCUT2D eigenvalue weighted by Crippen LogP contribution is -2.28. The van der Waals surface area contributed by atoms with E-state index in [2.05, 4.69) is 228 Å². The van der Waals surface area contributed by atoms with Crippen LogP contribution in [0, 0.1) is 12.3 Å². The number of nitrogens with zero attached hydrogens (tertiary/aromatic N) is 1. The molecule has 57 heavy (non-hydrogen) atoms. The van der Waals surface area contributed by atoms with Crippen LogP contribution in [0.2, 0.25) is 0 Å². The lowest BCUT2D eigenvalue weighted by Gasteiger charge is -2.36. The van der Waals surface area contributed by atoms with Crippen molar-refractivity contribution in [3.05, 3.63) is 204 Å². The summed E-state index contributed by atoms with van der Waals surface area (Å²) in [6.45, 7) is 16.8. The van der Waals surface area contributed by atoms with Crippen molar-refractivity contribution < 1.29 is 0 Å². The minimum absolute atomic E-state index is 0.0254. The highest BCUT2D eigenvalue weighted by Crippen LogP contribution is 2.43. The van der Waals surface area contributed by atoms with Gasteiger partial charge in [-0.25, -0.2) is 0 Å². The molecule has 0 N–H and O–H groups in total. The number of anilines is 2. The molecule has 1 heteroatoms. The number of hydrogen-bond acceptors (Lipinski definition) is 1. The monoisotopic (exact) mass is 743 g/mol. The van der Waals surface area contributed by atoms with E-state index < -0.39 is 0 Å². The van der Waals surface area contributed by atoms with Gasteiger partial charge < -0.3 is 4.90 Å². The van der Waals surface area contributed by atoms with Crippen molar-refractivity contribution in [1.29, 1.82) is 0 Å². The Labute approximate surface area is 343 Å². The Morgan fingerprint density at radius 1 is 0.632 bits per heavy atom. The summed E-state index contributed by atoms with van der Waals surface area (Å²) in [5.74, 6) is 2.89. The van der Waals surface area contributed by atoms with Crippen LogP contribution in [0.4, 0.5) is 11.4 Å². The molecule has 0 fully saturated rings. The molecule has 0 bridgehead atoms. The van der Waals surface area contributed by atoms with Gasteiger partial charge in [0, 0.05) is 29.8 Å². The Morgan fingerprint density at radius 3 is 1.70 bits per heavy atom. The van der Waals surface area contributed by atoms with Crippen molar-refractivity contribution in [3.8, 4) is 34.6 Å². The van der Waals surface area contributed by atoms with Gasteiger partial charge in [0.25, 0.3) is 0 Å². The molecule has 6 aromatic carbocycles. The molecular weight excluding hydrogens is 687 g/mol. The van der Waals surface area contributed by atoms with E-state index in [1.807, 2.05) is 0 Å². The molecule has 6 rings (SSSR count). The summed E-state index contributed by atoms with van der Waals surface area (Å²) in [5.41, 5.74) is 14.6. The van der Waals surface area contributed by atoms with Crippen molar-refractivity contribution in [2.24, 2.45) is 0 Å². The number of terminal acetylenes is 1. The zero-order valence-electron chi connectivity index (χ0n) is 34.5. The van der Waals surface area contributed by atoms with Gasteiger partial charge in [-0.15, -0.1) is 12.3 Å². The van der Waals surface area contributed by atoms with Crippen LogP contribution < -0.4 is 4.90 Å². The fourth-order valence-corrected chi connectivity index (χ4v) is 8.33. The molecule has 0 radical (unpaired) electrons. The number of allylic oxidation sites excluding steroid dienone is 2. The van der Waals surface area contributed by atoms with E-state index in [1.54, 1.807) is 0 Å². The van der Waals surface area contributed by atoms with Crippen molar-refractivity contribution in [2.75, 3.05) is 11.4 Å². The highest BCUT2D eigenvalue weighted by molar-refractivity contribution is 5.81. The summed E-state index contributed by atoms with van der Waals surface area (Å²) in [6, 6.07) is 54.6. The number of rotatable bonds is 15. The van der Waals surface area contributed by atoms with E-state index in [4.69, 9.17) is 6.42 Å². The minimum atomic E-state index is -0.208. The first kappa shape index (κ1) is 40.6. The van der Waals surface area contributed by atoms with Crippen LogP contribution in [0.25, 0.3) is 34.4 Å². The van der Waals surface area contributed by atoms with Crippen LogP contribution in [0.1, 0.15) is 81.7 Å².